The summed E-state index contributed by atoms with van der Waals surface area (Å²) >= 11 is 0. The van der Waals surface area contributed by atoms with E-state index in [1.807, 2.05) is 25.1 Å². The number of phenols is 1. The van der Waals surface area contributed by atoms with Gasteiger partial charge in [-0.2, -0.15) is 17.6 Å². The molecule has 30 heavy (non-hydrogen) atoms. The van der Waals surface area contributed by atoms with Crippen LogP contribution in [0.2, 0.25) is 0 Å². The number of anilines is 2. The molecule has 1 atom stereocenters. The molecule has 0 spiro atoms. The number of aromatic hydroxyl groups is 1. The number of para-hydroxylation sites is 1. The Morgan fingerprint density at radius 3 is 1.73 bits per heavy atom. The zero-order chi connectivity index (χ0) is 22.3. The molecule has 160 valence electrons. The van der Waals surface area contributed by atoms with Gasteiger partial charge in [0.2, 0.25) is 0 Å². The molecule has 1 saturated heterocycles. The fourth-order valence-electron chi connectivity index (χ4n) is 2.90. The van der Waals surface area contributed by atoms with E-state index in [-0.39, 0.29) is 17.6 Å². The molecule has 0 radical (unpaired) electrons. The van der Waals surface area contributed by atoms with Gasteiger partial charge in [-0.15, -0.1) is 0 Å². The van der Waals surface area contributed by atoms with Crippen molar-refractivity contribution in [3.8, 4) is 5.75 Å². The van der Waals surface area contributed by atoms with E-state index in [9.17, 15) is 32.3 Å². The van der Waals surface area contributed by atoms with Crippen LogP contribution in [0.4, 0.5) is 28.9 Å². The molecule has 1 heterocycles. The first-order valence-corrected chi connectivity index (χ1v) is 9.16. The first kappa shape index (κ1) is 22.9. The van der Waals surface area contributed by atoms with Gasteiger partial charge in [0.25, 0.3) is 11.8 Å². The Morgan fingerprint density at radius 1 is 0.833 bits per heavy atom. The molecular formula is C21H20F4N2O3. The summed E-state index contributed by atoms with van der Waals surface area (Å²) in [5, 5.41) is 12.3. The quantitative estimate of drug-likeness (QED) is 0.510. The number of hydrogen-bond donors (Lipinski definition) is 1. The minimum absolute atomic E-state index is 0.116. The van der Waals surface area contributed by atoms with Crippen LogP contribution in [0.5, 0.6) is 5.75 Å². The summed E-state index contributed by atoms with van der Waals surface area (Å²) < 4.78 is 41.1. The van der Waals surface area contributed by atoms with Crippen LogP contribution in [-0.4, -0.2) is 16.9 Å². The number of carbonyl (C=O) groups excluding carboxylic acids is 2. The van der Waals surface area contributed by atoms with Gasteiger partial charge in [0, 0.05) is 0 Å². The van der Waals surface area contributed by atoms with E-state index in [2.05, 4.69) is 0 Å². The van der Waals surface area contributed by atoms with Crippen molar-refractivity contribution in [2.24, 2.45) is 5.92 Å². The summed E-state index contributed by atoms with van der Waals surface area (Å²) in [7, 11) is 0. The highest BCUT2D eigenvalue weighted by atomic mass is 19.3. The highest BCUT2D eigenvalue weighted by Gasteiger charge is 2.46. The van der Waals surface area contributed by atoms with Crippen LogP contribution >= 0.6 is 0 Å². The molecule has 0 saturated carbocycles. The second kappa shape index (κ2) is 10.4. The Bertz CT molecular complexity index is 886. The normalized spacial score (nSPS) is 15.7. The Kier molecular flexibility index (Phi) is 7.97. The molecule has 1 aliphatic rings. The van der Waals surface area contributed by atoms with Crippen LogP contribution in [0.1, 0.15) is 26.2 Å². The van der Waals surface area contributed by atoms with Gasteiger partial charge >= 0.3 is 12.2 Å². The number of carbonyl (C=O) groups is 2. The van der Waals surface area contributed by atoms with Gasteiger partial charge in [-0.3, -0.25) is 9.59 Å². The van der Waals surface area contributed by atoms with Gasteiger partial charge in [-0.25, -0.2) is 10.0 Å². The number of phenolic OH excluding ortho intramolecular Hbond substituents is 1. The predicted octanol–water partition coefficient (Wildman–Crippen LogP) is 5.48. The first-order chi connectivity index (χ1) is 14.3. The minimum atomic E-state index is -2.91. The lowest BCUT2D eigenvalue weighted by molar-refractivity contribution is -0.127. The lowest BCUT2D eigenvalue weighted by Gasteiger charge is -2.27. The summed E-state index contributed by atoms with van der Waals surface area (Å²) in [4.78, 5) is 25.8. The number of halogens is 4. The van der Waals surface area contributed by atoms with Gasteiger partial charge < -0.3 is 5.11 Å². The number of amides is 2. The second-order valence-electron chi connectivity index (χ2n) is 6.37. The highest BCUT2D eigenvalue weighted by Crippen LogP contribution is 2.34. The van der Waals surface area contributed by atoms with E-state index in [4.69, 9.17) is 0 Å². The Balaban J connectivity index is 0.000000469. The number of nitrogens with zero attached hydrogens (tertiary/aromatic N) is 2. The Hall–Kier alpha value is -3.36. The molecular weight excluding hydrogens is 404 g/mol. The summed E-state index contributed by atoms with van der Waals surface area (Å²) in [6.07, 6.45) is -3.51. The summed E-state index contributed by atoms with van der Waals surface area (Å²) in [6, 6.07) is 15.4. The molecule has 1 aliphatic heterocycles. The van der Waals surface area contributed by atoms with Crippen molar-refractivity contribution in [3.05, 3.63) is 66.8 Å². The third-order valence-corrected chi connectivity index (χ3v) is 4.30. The lowest BCUT2D eigenvalue weighted by Crippen LogP contribution is -2.41. The monoisotopic (exact) mass is 424 g/mol. The Labute approximate surface area is 170 Å². The van der Waals surface area contributed by atoms with Gasteiger partial charge in [0.05, 0.1) is 11.4 Å². The average Bonchev–Trinajstić information content (AvgIpc) is 2.98. The van der Waals surface area contributed by atoms with Crippen molar-refractivity contribution in [2.45, 2.75) is 26.2 Å². The molecule has 3 rings (SSSR count). The maximum atomic E-state index is 12.9. The van der Waals surface area contributed by atoms with Crippen LogP contribution in [0, 0.1) is 5.92 Å². The van der Waals surface area contributed by atoms with E-state index in [0.29, 0.717) is 17.8 Å². The summed E-state index contributed by atoms with van der Waals surface area (Å²) in [5.74, 6) is -0.958. The number of hydrazine groups is 1. The van der Waals surface area contributed by atoms with Crippen molar-refractivity contribution in [2.75, 3.05) is 10.0 Å². The molecule has 2 aromatic rings. The van der Waals surface area contributed by atoms with Crippen LogP contribution in [0.25, 0.3) is 0 Å². The summed E-state index contributed by atoms with van der Waals surface area (Å²) in [6.45, 7) is 2.04. The van der Waals surface area contributed by atoms with Crippen molar-refractivity contribution >= 4 is 23.2 Å². The lowest BCUT2D eigenvalue weighted by atomic mass is 10.0. The van der Waals surface area contributed by atoms with E-state index in [1.54, 1.807) is 24.3 Å². The topological polar surface area (TPSA) is 60.9 Å². The first-order valence-electron chi connectivity index (χ1n) is 9.16. The fraction of sp³-hybridized carbons (Fsp3) is 0.238. The van der Waals surface area contributed by atoms with Crippen molar-refractivity contribution in [3.63, 3.8) is 0 Å². The van der Waals surface area contributed by atoms with Crippen molar-refractivity contribution in [1.29, 1.82) is 0 Å². The molecule has 1 unspecified atom stereocenters. The summed E-state index contributed by atoms with van der Waals surface area (Å²) in [5.41, 5.74) is 1.22. The number of benzene rings is 2. The molecule has 0 aromatic heterocycles. The molecule has 1 fully saturated rings. The third kappa shape index (κ3) is 5.37. The standard InChI is InChI=1S/C19H20N2O3.C2F4/c1-2-3-9-17-18(23)20(14-7-5-4-6-8-14)21(19(17)24)15-10-12-16(22)13-11-15;3-1(4)2(5)6/h4-8,10-13,17,22H,2-3,9H2,1H3;. The van der Waals surface area contributed by atoms with Crippen LogP contribution in [-0.2, 0) is 9.59 Å². The second-order valence-corrected chi connectivity index (χ2v) is 6.37. The average molecular weight is 424 g/mol. The molecule has 0 aliphatic carbocycles. The Morgan fingerprint density at radius 2 is 1.30 bits per heavy atom. The molecule has 9 heteroatoms. The molecule has 2 aromatic carbocycles. The van der Waals surface area contributed by atoms with Crippen LogP contribution in [0.3, 0.4) is 0 Å². The largest absolute Gasteiger partial charge is 0.508 e. The zero-order valence-corrected chi connectivity index (χ0v) is 16.1. The van der Waals surface area contributed by atoms with Crippen molar-refractivity contribution in [1.82, 2.24) is 0 Å². The van der Waals surface area contributed by atoms with E-state index >= 15 is 0 Å². The fourth-order valence-corrected chi connectivity index (χ4v) is 2.90. The van der Waals surface area contributed by atoms with Gasteiger partial charge in [-0.05, 0) is 42.8 Å². The van der Waals surface area contributed by atoms with Gasteiger partial charge in [0.1, 0.15) is 11.7 Å². The maximum absolute atomic E-state index is 12.9. The highest BCUT2D eigenvalue weighted by molar-refractivity contribution is 6.23. The van der Waals surface area contributed by atoms with E-state index in [0.717, 1.165) is 12.8 Å². The molecule has 0 bridgehead atoms. The predicted molar refractivity (Wildman–Crippen MR) is 104 cm³/mol. The molecule has 5 nitrogen and oxygen atoms in total. The SMILES string of the molecule is CCCCC1C(=O)N(c2ccccc2)N(c2ccc(O)cc2)C1=O.FC(F)=C(F)F. The third-order valence-electron chi connectivity index (χ3n) is 4.30. The number of rotatable bonds is 5. The van der Waals surface area contributed by atoms with Crippen LogP contribution < -0.4 is 10.0 Å². The van der Waals surface area contributed by atoms with Crippen molar-refractivity contribution < 1.29 is 32.3 Å². The number of hydrogen-bond acceptors (Lipinski definition) is 3. The minimum Gasteiger partial charge on any atom is -0.508 e. The van der Waals surface area contributed by atoms with E-state index in [1.165, 1.54) is 22.2 Å². The van der Waals surface area contributed by atoms with Gasteiger partial charge in [0.15, 0.2) is 0 Å². The van der Waals surface area contributed by atoms with Crippen LogP contribution in [0.15, 0.2) is 66.8 Å². The van der Waals surface area contributed by atoms with Gasteiger partial charge in [-0.1, -0.05) is 38.0 Å². The smallest absolute Gasteiger partial charge is 0.334 e. The zero-order valence-electron chi connectivity index (χ0n) is 16.1. The van der Waals surface area contributed by atoms with E-state index < -0.39 is 18.1 Å². The maximum Gasteiger partial charge on any atom is 0.334 e. The molecule has 2 amide bonds. The number of unbranched alkanes of at least 4 members (excludes halogenated alkanes) is 1. The molecule has 1 N–H and O–H groups in total.